The summed E-state index contributed by atoms with van der Waals surface area (Å²) in [7, 11) is 1.62. The molecule has 0 fully saturated rings. The molecule has 1 aromatic rings. The average molecular weight is 172 g/mol. The molecule has 0 spiro atoms. The average Bonchev–Trinajstić information content (AvgIpc) is 2.45. The molecule has 68 valence electrons. The molecule has 0 saturated carbocycles. The molecule has 6 nitrogen and oxygen atoms in total. The molecule has 0 bridgehead atoms. The van der Waals surface area contributed by atoms with E-state index in [4.69, 9.17) is 15.2 Å². The smallest absolute Gasteiger partial charge is 0.166 e. The minimum absolute atomic E-state index is 0.306. The number of nitrogens with zero attached hydrogens (tertiary/aromatic N) is 3. The highest BCUT2D eigenvalue weighted by Crippen LogP contribution is 1.90. The zero-order valence-corrected chi connectivity index (χ0v) is 6.93. The van der Waals surface area contributed by atoms with Crippen LogP contribution >= 0.6 is 0 Å². The second-order valence-corrected chi connectivity index (χ2v) is 2.17. The third kappa shape index (κ3) is 2.85. The molecular formula is C6H12N4O2. The van der Waals surface area contributed by atoms with Crippen LogP contribution in [0.3, 0.4) is 0 Å². The normalized spacial score (nSPS) is 10.4. The predicted octanol–water partition coefficient (Wildman–Crippen LogP) is -0.519. The molecular weight excluding hydrogens is 160 g/mol. The first kappa shape index (κ1) is 8.95. The highest BCUT2D eigenvalue weighted by Gasteiger charge is 1.94. The lowest BCUT2D eigenvalue weighted by Gasteiger charge is -2.01. The Hall–Kier alpha value is -1.14. The number of aromatic nitrogens is 3. The minimum atomic E-state index is 0.306. The van der Waals surface area contributed by atoms with Crippen LogP contribution in [0.1, 0.15) is 0 Å². The number of nitrogen functional groups attached to an aromatic ring is 1. The molecule has 1 rings (SSSR count). The van der Waals surface area contributed by atoms with Crippen molar-refractivity contribution in [2.75, 3.05) is 26.1 Å². The Morgan fingerprint density at radius 3 is 3.00 bits per heavy atom. The number of hydrogen-bond acceptors (Lipinski definition) is 5. The van der Waals surface area contributed by atoms with Crippen molar-refractivity contribution in [3.63, 3.8) is 0 Å². The minimum Gasteiger partial charge on any atom is -0.382 e. The summed E-state index contributed by atoms with van der Waals surface area (Å²) in [5, 5.41) is 7.65. The molecule has 6 heteroatoms. The van der Waals surface area contributed by atoms with Gasteiger partial charge in [-0.15, -0.1) is 5.10 Å². The van der Waals surface area contributed by atoms with Gasteiger partial charge in [-0.3, -0.25) is 0 Å². The predicted molar refractivity (Wildman–Crippen MR) is 42.3 cm³/mol. The van der Waals surface area contributed by atoms with Crippen LogP contribution in [-0.2, 0) is 16.2 Å². The maximum Gasteiger partial charge on any atom is 0.166 e. The van der Waals surface area contributed by atoms with Gasteiger partial charge in [-0.2, -0.15) is 9.90 Å². The van der Waals surface area contributed by atoms with Crippen molar-refractivity contribution in [2.45, 2.75) is 6.73 Å². The second-order valence-electron chi connectivity index (χ2n) is 2.17. The van der Waals surface area contributed by atoms with Crippen LogP contribution in [0.25, 0.3) is 0 Å². The summed E-state index contributed by atoms with van der Waals surface area (Å²) in [5.41, 5.74) is 5.33. The molecule has 0 unspecified atom stereocenters. The Bertz CT molecular complexity index is 225. The Kier molecular flexibility index (Phi) is 3.49. The molecule has 0 amide bonds. The van der Waals surface area contributed by atoms with E-state index in [0.717, 1.165) is 0 Å². The fraction of sp³-hybridized carbons (Fsp3) is 0.667. The summed E-state index contributed by atoms with van der Waals surface area (Å²) in [6, 6.07) is 0. The molecule has 12 heavy (non-hydrogen) atoms. The molecule has 0 aromatic carbocycles. The number of ether oxygens (including phenoxy) is 2. The second kappa shape index (κ2) is 4.68. The first-order valence-corrected chi connectivity index (χ1v) is 3.55. The van der Waals surface area contributed by atoms with Crippen LogP contribution in [0.2, 0.25) is 0 Å². The van der Waals surface area contributed by atoms with Crippen molar-refractivity contribution >= 4 is 5.82 Å². The van der Waals surface area contributed by atoms with Crippen molar-refractivity contribution in [3.05, 3.63) is 6.20 Å². The maximum atomic E-state index is 5.33. The largest absolute Gasteiger partial charge is 0.382 e. The van der Waals surface area contributed by atoms with Gasteiger partial charge in [0.1, 0.15) is 0 Å². The van der Waals surface area contributed by atoms with E-state index in [-0.39, 0.29) is 0 Å². The van der Waals surface area contributed by atoms with Crippen molar-refractivity contribution in [1.82, 2.24) is 15.0 Å². The van der Waals surface area contributed by atoms with Crippen LogP contribution in [0.15, 0.2) is 6.20 Å². The van der Waals surface area contributed by atoms with Gasteiger partial charge in [0, 0.05) is 7.11 Å². The number of rotatable bonds is 5. The summed E-state index contributed by atoms with van der Waals surface area (Å²) in [6.07, 6.45) is 1.47. The first-order valence-electron chi connectivity index (χ1n) is 3.55. The quantitative estimate of drug-likeness (QED) is 0.605. The first-order chi connectivity index (χ1) is 5.83. The lowest BCUT2D eigenvalue weighted by Crippen LogP contribution is -2.09. The number of anilines is 1. The number of nitrogens with two attached hydrogens (primary N) is 1. The van der Waals surface area contributed by atoms with Gasteiger partial charge in [0.15, 0.2) is 12.5 Å². The summed E-state index contributed by atoms with van der Waals surface area (Å²) in [5.74, 6) is 0.394. The fourth-order valence-corrected chi connectivity index (χ4v) is 0.661. The third-order valence-electron chi connectivity index (χ3n) is 1.19. The van der Waals surface area contributed by atoms with Crippen LogP contribution in [0, 0.1) is 0 Å². The van der Waals surface area contributed by atoms with Crippen molar-refractivity contribution in [3.8, 4) is 0 Å². The van der Waals surface area contributed by atoms with E-state index in [9.17, 15) is 0 Å². The number of hydrogen-bond donors (Lipinski definition) is 1. The van der Waals surface area contributed by atoms with Crippen LogP contribution in [0.5, 0.6) is 0 Å². The maximum absolute atomic E-state index is 5.33. The van der Waals surface area contributed by atoms with Crippen molar-refractivity contribution in [2.24, 2.45) is 0 Å². The summed E-state index contributed by atoms with van der Waals surface area (Å²) >= 11 is 0. The highest BCUT2D eigenvalue weighted by molar-refractivity contribution is 5.19. The molecule has 2 N–H and O–H groups in total. The third-order valence-corrected chi connectivity index (χ3v) is 1.19. The molecule has 0 radical (unpaired) electrons. The Morgan fingerprint density at radius 2 is 2.42 bits per heavy atom. The van der Waals surface area contributed by atoms with Gasteiger partial charge in [-0.05, 0) is 0 Å². The van der Waals surface area contributed by atoms with Gasteiger partial charge in [0.25, 0.3) is 0 Å². The lowest BCUT2D eigenvalue weighted by atomic mass is 10.8. The van der Waals surface area contributed by atoms with E-state index in [0.29, 0.717) is 25.8 Å². The molecule has 0 aliphatic carbocycles. The molecule has 0 aliphatic heterocycles. The number of methoxy groups -OCH3 is 1. The highest BCUT2D eigenvalue weighted by atomic mass is 16.5. The van der Waals surface area contributed by atoms with E-state index < -0.39 is 0 Å². The van der Waals surface area contributed by atoms with Gasteiger partial charge < -0.3 is 15.2 Å². The molecule has 0 aliphatic rings. The summed E-state index contributed by atoms with van der Waals surface area (Å²) < 4.78 is 9.92. The molecule has 1 heterocycles. The van der Waals surface area contributed by atoms with E-state index in [1.54, 1.807) is 7.11 Å². The van der Waals surface area contributed by atoms with Crippen LogP contribution < -0.4 is 5.73 Å². The Labute approximate surface area is 70.3 Å². The lowest BCUT2D eigenvalue weighted by molar-refractivity contribution is 0.0226. The zero-order valence-electron chi connectivity index (χ0n) is 6.93. The molecule has 0 saturated heterocycles. The Morgan fingerprint density at radius 1 is 1.58 bits per heavy atom. The van der Waals surface area contributed by atoms with E-state index in [2.05, 4.69) is 10.2 Å². The zero-order chi connectivity index (χ0) is 8.81. The summed E-state index contributed by atoms with van der Waals surface area (Å²) in [4.78, 5) is 1.38. The van der Waals surface area contributed by atoms with Gasteiger partial charge in [-0.25, -0.2) is 0 Å². The van der Waals surface area contributed by atoms with Crippen LogP contribution in [-0.4, -0.2) is 35.3 Å². The van der Waals surface area contributed by atoms with E-state index in [1.807, 2.05) is 0 Å². The molecule has 1 aromatic heterocycles. The van der Waals surface area contributed by atoms with Gasteiger partial charge in [0.2, 0.25) is 0 Å². The fourth-order valence-electron chi connectivity index (χ4n) is 0.661. The molecule has 0 atom stereocenters. The van der Waals surface area contributed by atoms with Gasteiger partial charge in [-0.1, -0.05) is 0 Å². The Balaban J connectivity index is 2.15. The SMILES string of the molecule is COCCOCn1ncc(N)n1. The van der Waals surface area contributed by atoms with E-state index in [1.165, 1.54) is 11.0 Å². The van der Waals surface area contributed by atoms with Crippen LogP contribution in [0.4, 0.5) is 5.82 Å². The topological polar surface area (TPSA) is 75.2 Å². The van der Waals surface area contributed by atoms with Gasteiger partial charge in [0.05, 0.1) is 19.4 Å². The van der Waals surface area contributed by atoms with E-state index >= 15 is 0 Å². The van der Waals surface area contributed by atoms with Gasteiger partial charge >= 0.3 is 0 Å². The summed E-state index contributed by atoms with van der Waals surface area (Å²) in [6.45, 7) is 1.40. The standard InChI is InChI=1S/C6H12N4O2/c1-11-2-3-12-5-10-8-4-6(7)9-10/h4H,2-3,5H2,1H3,(H2,7,9). The monoisotopic (exact) mass is 172 g/mol. The van der Waals surface area contributed by atoms with Crippen molar-refractivity contribution < 1.29 is 9.47 Å². The van der Waals surface area contributed by atoms with Crippen molar-refractivity contribution in [1.29, 1.82) is 0 Å².